The number of para-hydroxylation sites is 1. The summed E-state index contributed by atoms with van der Waals surface area (Å²) in [5, 5.41) is 3.43. The van der Waals surface area contributed by atoms with E-state index >= 15 is 0 Å². The Balaban J connectivity index is 1.36. The Morgan fingerprint density at radius 1 is 0.964 bits per heavy atom. The monoisotopic (exact) mass is 371 g/mol. The van der Waals surface area contributed by atoms with E-state index in [2.05, 4.69) is 80.5 Å². The molecule has 3 aromatic rings. The molecule has 2 aliphatic heterocycles. The van der Waals surface area contributed by atoms with Crippen molar-refractivity contribution in [3.05, 3.63) is 66.5 Å². The van der Waals surface area contributed by atoms with E-state index in [4.69, 9.17) is 0 Å². The van der Waals surface area contributed by atoms with Crippen LogP contribution in [0.5, 0.6) is 0 Å². The minimum Gasteiger partial charge on any atom is -0.372 e. The molecule has 5 rings (SSSR count). The average molecular weight is 371 g/mol. The maximum Gasteiger partial charge on any atom is 0.138 e. The molecule has 1 atom stereocenters. The van der Waals surface area contributed by atoms with Crippen molar-refractivity contribution in [1.29, 1.82) is 0 Å². The highest BCUT2D eigenvalue weighted by molar-refractivity contribution is 5.71. The van der Waals surface area contributed by atoms with Gasteiger partial charge in [0.05, 0.1) is 0 Å². The molecule has 28 heavy (non-hydrogen) atoms. The lowest BCUT2D eigenvalue weighted by molar-refractivity contribution is 0.749. The third-order valence-electron chi connectivity index (χ3n) is 5.72. The van der Waals surface area contributed by atoms with Gasteiger partial charge in [0.1, 0.15) is 18.0 Å². The van der Waals surface area contributed by atoms with Crippen LogP contribution in [0.2, 0.25) is 0 Å². The molecule has 0 radical (unpaired) electrons. The minimum atomic E-state index is 0.389. The maximum atomic E-state index is 4.55. The third kappa shape index (κ3) is 3.17. The molecule has 2 aromatic carbocycles. The normalized spacial score (nSPS) is 18.4. The molecule has 2 aliphatic rings. The van der Waals surface area contributed by atoms with Gasteiger partial charge in [0.15, 0.2) is 0 Å². The van der Waals surface area contributed by atoms with E-state index < -0.39 is 0 Å². The number of nitrogens with one attached hydrogen (secondary N) is 1. The first kappa shape index (κ1) is 17.0. The number of rotatable bonds is 4. The van der Waals surface area contributed by atoms with E-state index in [1.807, 2.05) is 6.07 Å². The Labute approximate surface area is 166 Å². The van der Waals surface area contributed by atoms with E-state index in [9.17, 15) is 0 Å². The van der Waals surface area contributed by atoms with Gasteiger partial charge in [0.25, 0.3) is 0 Å². The van der Waals surface area contributed by atoms with E-state index in [1.54, 1.807) is 6.33 Å². The molecule has 0 saturated carbocycles. The third-order valence-corrected chi connectivity index (χ3v) is 5.72. The van der Waals surface area contributed by atoms with Gasteiger partial charge in [-0.1, -0.05) is 18.2 Å². The first-order valence-electron chi connectivity index (χ1n) is 10.1. The van der Waals surface area contributed by atoms with Crippen molar-refractivity contribution in [1.82, 2.24) is 9.97 Å². The highest BCUT2D eigenvalue weighted by Crippen LogP contribution is 2.37. The van der Waals surface area contributed by atoms with Gasteiger partial charge in [-0.2, -0.15) is 0 Å². The Hall–Kier alpha value is -3.08. The van der Waals surface area contributed by atoms with E-state index in [0.29, 0.717) is 6.04 Å². The van der Waals surface area contributed by atoms with Crippen LogP contribution in [-0.2, 0) is 6.42 Å². The van der Waals surface area contributed by atoms with Crippen molar-refractivity contribution in [2.45, 2.75) is 32.2 Å². The summed E-state index contributed by atoms with van der Waals surface area (Å²) in [5.74, 6) is 1.75. The molecule has 1 fully saturated rings. The lowest BCUT2D eigenvalue weighted by atomic mass is 10.1. The lowest BCUT2D eigenvalue weighted by Gasteiger charge is -2.24. The molecule has 0 amide bonds. The zero-order valence-electron chi connectivity index (χ0n) is 16.2. The van der Waals surface area contributed by atoms with Crippen LogP contribution in [0.4, 0.5) is 28.7 Å². The zero-order valence-corrected chi connectivity index (χ0v) is 16.2. The van der Waals surface area contributed by atoms with Crippen LogP contribution in [0.3, 0.4) is 0 Å². The summed E-state index contributed by atoms with van der Waals surface area (Å²) in [6.45, 7) is 4.57. The van der Waals surface area contributed by atoms with Gasteiger partial charge < -0.3 is 15.1 Å². The largest absolute Gasteiger partial charge is 0.372 e. The van der Waals surface area contributed by atoms with Crippen LogP contribution in [0, 0.1) is 0 Å². The van der Waals surface area contributed by atoms with Crippen molar-refractivity contribution >= 4 is 28.7 Å². The first-order chi connectivity index (χ1) is 13.8. The number of nitrogens with zero attached hydrogens (tertiary/aromatic N) is 4. The maximum absolute atomic E-state index is 4.55. The fourth-order valence-electron chi connectivity index (χ4n) is 4.34. The smallest absolute Gasteiger partial charge is 0.138 e. The minimum absolute atomic E-state index is 0.389. The molecule has 0 bridgehead atoms. The SMILES string of the molecule is CC1Cc2ccccc2N1c1cc(Nc2ccc(N3CCCC3)cc2)ncn1. The Bertz CT molecular complexity index is 963. The molecule has 1 unspecified atom stereocenters. The van der Waals surface area contributed by atoms with Crippen LogP contribution in [0.25, 0.3) is 0 Å². The van der Waals surface area contributed by atoms with Crippen LogP contribution < -0.4 is 15.1 Å². The zero-order chi connectivity index (χ0) is 18.9. The fourth-order valence-corrected chi connectivity index (χ4v) is 4.34. The molecule has 142 valence electrons. The second-order valence-electron chi connectivity index (χ2n) is 7.68. The topological polar surface area (TPSA) is 44.3 Å². The summed E-state index contributed by atoms with van der Waals surface area (Å²) in [4.78, 5) is 13.7. The number of benzene rings is 2. The van der Waals surface area contributed by atoms with Gasteiger partial charge in [-0.05, 0) is 62.1 Å². The number of hydrogen-bond acceptors (Lipinski definition) is 5. The molecule has 1 aromatic heterocycles. The fraction of sp³-hybridized carbons (Fsp3) is 0.304. The predicted molar refractivity (Wildman–Crippen MR) is 115 cm³/mol. The lowest BCUT2D eigenvalue weighted by Crippen LogP contribution is -2.24. The van der Waals surface area contributed by atoms with Crippen molar-refractivity contribution in [2.75, 3.05) is 28.2 Å². The molecule has 3 heterocycles. The van der Waals surface area contributed by atoms with Gasteiger partial charge in [0.2, 0.25) is 0 Å². The Kier molecular flexibility index (Phi) is 4.35. The molecule has 5 nitrogen and oxygen atoms in total. The molecule has 0 spiro atoms. The van der Waals surface area contributed by atoms with E-state index in [1.165, 1.54) is 29.8 Å². The van der Waals surface area contributed by atoms with Gasteiger partial charge in [-0.15, -0.1) is 0 Å². The molecule has 5 heteroatoms. The van der Waals surface area contributed by atoms with Gasteiger partial charge in [-0.3, -0.25) is 0 Å². The van der Waals surface area contributed by atoms with Crippen LogP contribution in [-0.4, -0.2) is 29.1 Å². The van der Waals surface area contributed by atoms with Gasteiger partial charge in [0, 0.05) is 42.3 Å². The quantitative estimate of drug-likeness (QED) is 0.706. The van der Waals surface area contributed by atoms with Crippen LogP contribution in [0.1, 0.15) is 25.3 Å². The molecule has 1 N–H and O–H groups in total. The summed E-state index contributed by atoms with van der Waals surface area (Å²) in [6.07, 6.45) is 5.27. The highest BCUT2D eigenvalue weighted by Gasteiger charge is 2.27. The summed E-state index contributed by atoms with van der Waals surface area (Å²) < 4.78 is 0. The first-order valence-corrected chi connectivity index (χ1v) is 10.1. The van der Waals surface area contributed by atoms with Gasteiger partial charge in [-0.25, -0.2) is 9.97 Å². The Morgan fingerprint density at radius 2 is 1.75 bits per heavy atom. The van der Waals surface area contributed by atoms with Crippen LogP contribution in [0.15, 0.2) is 60.9 Å². The standard InChI is InChI=1S/C23H25N5/c1-17-14-18-6-2-3-7-21(18)28(17)23-15-22(24-16-25-23)26-19-8-10-20(11-9-19)27-12-4-5-13-27/h2-3,6-11,15-17H,4-5,12-14H2,1H3,(H,24,25,26). The molecule has 1 saturated heterocycles. The molecule has 0 aliphatic carbocycles. The van der Waals surface area contributed by atoms with Crippen molar-refractivity contribution < 1.29 is 0 Å². The Morgan fingerprint density at radius 3 is 2.57 bits per heavy atom. The molecular weight excluding hydrogens is 346 g/mol. The second kappa shape index (κ2) is 7.15. The van der Waals surface area contributed by atoms with Crippen molar-refractivity contribution in [3.8, 4) is 0 Å². The number of fused-ring (bicyclic) bond motifs is 1. The number of hydrogen-bond donors (Lipinski definition) is 1. The van der Waals surface area contributed by atoms with Gasteiger partial charge >= 0.3 is 0 Å². The summed E-state index contributed by atoms with van der Waals surface area (Å²) in [7, 11) is 0. The average Bonchev–Trinajstić information content (AvgIpc) is 3.36. The highest BCUT2D eigenvalue weighted by atomic mass is 15.2. The predicted octanol–water partition coefficient (Wildman–Crippen LogP) is 4.90. The van der Waals surface area contributed by atoms with E-state index in [0.717, 1.165) is 36.8 Å². The second-order valence-corrected chi connectivity index (χ2v) is 7.68. The van der Waals surface area contributed by atoms with E-state index in [-0.39, 0.29) is 0 Å². The number of anilines is 5. The van der Waals surface area contributed by atoms with Crippen LogP contribution >= 0.6 is 0 Å². The summed E-state index contributed by atoms with van der Waals surface area (Å²) >= 11 is 0. The molecular formula is C23H25N5. The number of aromatic nitrogens is 2. The summed E-state index contributed by atoms with van der Waals surface area (Å²) in [6, 6.07) is 19.6. The summed E-state index contributed by atoms with van der Waals surface area (Å²) in [5.41, 5.74) is 4.96. The van der Waals surface area contributed by atoms with Crippen molar-refractivity contribution in [3.63, 3.8) is 0 Å². The van der Waals surface area contributed by atoms with Crippen molar-refractivity contribution in [2.24, 2.45) is 0 Å².